The highest BCUT2D eigenvalue weighted by Crippen LogP contribution is 2.46. The maximum atomic E-state index is 13.4. The first-order valence-corrected chi connectivity index (χ1v) is 8.11. The second kappa shape index (κ2) is 6.16. The summed E-state index contributed by atoms with van der Waals surface area (Å²) in [5.74, 6) is 0. The van der Waals surface area contributed by atoms with Crippen LogP contribution in [0.2, 0.25) is 0 Å². The molecule has 1 N–H and O–H groups in total. The van der Waals surface area contributed by atoms with Gasteiger partial charge in [-0.3, -0.25) is 0 Å². The predicted molar refractivity (Wildman–Crippen MR) is 83.0 cm³/mol. The third-order valence-electron chi connectivity index (χ3n) is 4.04. The highest BCUT2D eigenvalue weighted by Gasteiger charge is 2.49. The van der Waals surface area contributed by atoms with Crippen molar-refractivity contribution in [2.45, 2.75) is 36.9 Å². The average Bonchev–Trinajstić information content (AvgIpc) is 2.99. The Morgan fingerprint density at radius 1 is 1.17 bits per heavy atom. The van der Waals surface area contributed by atoms with E-state index in [1.807, 2.05) is 0 Å². The van der Waals surface area contributed by atoms with Crippen molar-refractivity contribution in [2.75, 3.05) is 6.26 Å². The maximum Gasteiger partial charge on any atom is 0.416 e. The van der Waals surface area contributed by atoms with Crippen LogP contribution in [-0.4, -0.2) is 30.9 Å². The third kappa shape index (κ3) is 3.37. The molecule has 1 aromatic heterocycles. The van der Waals surface area contributed by atoms with Gasteiger partial charge in [-0.2, -0.15) is 30.0 Å². The van der Waals surface area contributed by atoms with Crippen LogP contribution in [0.1, 0.15) is 25.0 Å². The quantitative estimate of drug-likeness (QED) is 0.903. The summed E-state index contributed by atoms with van der Waals surface area (Å²) in [6.07, 6.45) is -0.149. The van der Waals surface area contributed by atoms with Crippen LogP contribution in [0.25, 0.3) is 0 Å². The number of alkyl halides is 3. The van der Waals surface area contributed by atoms with E-state index in [0.717, 1.165) is 6.07 Å². The number of aliphatic hydroxyl groups is 1. The fourth-order valence-corrected chi connectivity index (χ4v) is 2.92. The summed E-state index contributed by atoms with van der Waals surface area (Å²) in [6.45, 7) is 3.29. The first-order chi connectivity index (χ1) is 10.6. The van der Waals surface area contributed by atoms with Gasteiger partial charge in [0.2, 0.25) is 0 Å². The number of rotatable bonds is 5. The molecule has 8 heteroatoms. The van der Waals surface area contributed by atoms with E-state index >= 15 is 0 Å². The Bertz CT molecular complexity index is 658. The number of thioether (sulfide) groups is 1. The number of hydrogen-bond acceptors (Lipinski definition) is 4. The molecule has 2 rings (SSSR count). The number of halogens is 3. The van der Waals surface area contributed by atoms with E-state index in [2.05, 4.69) is 10.1 Å². The van der Waals surface area contributed by atoms with Crippen molar-refractivity contribution in [3.8, 4) is 0 Å². The Hall–Kier alpha value is -1.54. The smallest absolute Gasteiger partial charge is 0.382 e. The van der Waals surface area contributed by atoms with E-state index in [0.29, 0.717) is 0 Å². The van der Waals surface area contributed by atoms with Crippen LogP contribution in [0.15, 0.2) is 36.9 Å². The van der Waals surface area contributed by atoms with Gasteiger partial charge < -0.3 is 5.11 Å². The third-order valence-corrected chi connectivity index (χ3v) is 5.40. The molecule has 0 saturated heterocycles. The highest BCUT2D eigenvalue weighted by atomic mass is 32.2. The van der Waals surface area contributed by atoms with Gasteiger partial charge in [0, 0.05) is 4.75 Å². The van der Waals surface area contributed by atoms with Gasteiger partial charge in [0.05, 0.1) is 12.1 Å². The summed E-state index contributed by atoms with van der Waals surface area (Å²) >= 11 is 1.29. The molecule has 0 amide bonds. The van der Waals surface area contributed by atoms with Crippen molar-refractivity contribution in [1.29, 1.82) is 0 Å². The number of aromatic nitrogens is 3. The van der Waals surface area contributed by atoms with E-state index in [9.17, 15) is 18.3 Å². The van der Waals surface area contributed by atoms with Crippen LogP contribution in [0, 0.1) is 0 Å². The minimum absolute atomic E-state index is 0.131. The Kier molecular flexibility index (Phi) is 4.77. The lowest BCUT2D eigenvalue weighted by Crippen LogP contribution is -2.49. The van der Waals surface area contributed by atoms with E-state index < -0.39 is 22.1 Å². The van der Waals surface area contributed by atoms with E-state index in [1.165, 1.54) is 47.3 Å². The number of hydrogen-bond donors (Lipinski definition) is 1. The fourth-order valence-electron chi connectivity index (χ4n) is 2.41. The van der Waals surface area contributed by atoms with E-state index in [4.69, 9.17) is 0 Å². The molecule has 0 aliphatic carbocycles. The van der Waals surface area contributed by atoms with Crippen LogP contribution < -0.4 is 0 Å². The van der Waals surface area contributed by atoms with Crippen molar-refractivity contribution >= 4 is 11.8 Å². The summed E-state index contributed by atoms with van der Waals surface area (Å²) in [5, 5.41) is 15.2. The lowest BCUT2D eigenvalue weighted by atomic mass is 9.80. The summed E-state index contributed by atoms with van der Waals surface area (Å²) in [7, 11) is 0. The van der Waals surface area contributed by atoms with Crippen LogP contribution in [-0.2, 0) is 18.3 Å². The molecule has 0 bridgehead atoms. The lowest BCUT2D eigenvalue weighted by molar-refractivity contribution is -0.141. The Labute approximate surface area is 136 Å². The molecule has 1 atom stereocenters. The average molecular weight is 345 g/mol. The molecule has 4 nitrogen and oxygen atoms in total. The van der Waals surface area contributed by atoms with Gasteiger partial charge >= 0.3 is 6.18 Å². The molecule has 23 heavy (non-hydrogen) atoms. The fraction of sp³-hybridized carbons (Fsp3) is 0.467. The number of benzene rings is 1. The molecule has 0 spiro atoms. The van der Waals surface area contributed by atoms with Crippen molar-refractivity contribution in [2.24, 2.45) is 0 Å². The highest BCUT2D eigenvalue weighted by molar-refractivity contribution is 8.00. The van der Waals surface area contributed by atoms with Crippen molar-refractivity contribution in [3.05, 3.63) is 48.0 Å². The van der Waals surface area contributed by atoms with Gasteiger partial charge in [-0.05, 0) is 31.7 Å². The zero-order valence-corrected chi connectivity index (χ0v) is 13.8. The summed E-state index contributed by atoms with van der Waals surface area (Å²) in [6, 6.07) is 5.11. The number of nitrogens with zero attached hydrogens (tertiary/aromatic N) is 3. The molecule has 2 aromatic rings. The maximum absolute atomic E-state index is 13.4. The van der Waals surface area contributed by atoms with Crippen molar-refractivity contribution < 1.29 is 18.3 Å². The van der Waals surface area contributed by atoms with Crippen molar-refractivity contribution in [1.82, 2.24) is 14.8 Å². The van der Waals surface area contributed by atoms with E-state index in [-0.39, 0.29) is 12.1 Å². The Balaban J connectivity index is 2.64. The molecule has 1 unspecified atom stereocenters. The lowest BCUT2D eigenvalue weighted by Gasteiger charge is -2.43. The first-order valence-electron chi connectivity index (χ1n) is 6.88. The van der Waals surface area contributed by atoms with Gasteiger partial charge in [0.1, 0.15) is 18.3 Å². The molecule has 0 aliphatic heterocycles. The molecule has 0 fully saturated rings. The molecule has 1 aromatic carbocycles. The molecule has 1 heterocycles. The second-order valence-corrected chi connectivity index (χ2v) is 7.14. The first kappa shape index (κ1) is 17.8. The predicted octanol–water partition coefficient (Wildman–Crippen LogP) is 3.33. The molecule has 0 saturated carbocycles. The molecular weight excluding hydrogens is 327 g/mol. The van der Waals surface area contributed by atoms with Gasteiger partial charge in [0.25, 0.3) is 0 Å². The molecule has 0 radical (unpaired) electrons. The normalized spacial score (nSPS) is 15.4. The Morgan fingerprint density at radius 3 is 2.26 bits per heavy atom. The molecular formula is C15H18F3N3OS. The van der Waals surface area contributed by atoms with Gasteiger partial charge in [0.15, 0.2) is 0 Å². The zero-order valence-electron chi connectivity index (χ0n) is 13.0. The van der Waals surface area contributed by atoms with Gasteiger partial charge in [-0.15, -0.1) is 0 Å². The van der Waals surface area contributed by atoms with Crippen LogP contribution in [0.4, 0.5) is 13.2 Å². The Morgan fingerprint density at radius 2 is 1.78 bits per heavy atom. The minimum atomic E-state index is -4.55. The van der Waals surface area contributed by atoms with E-state index in [1.54, 1.807) is 20.1 Å². The molecule has 126 valence electrons. The zero-order chi connectivity index (χ0) is 17.3. The monoisotopic (exact) mass is 345 g/mol. The van der Waals surface area contributed by atoms with Crippen LogP contribution in [0.3, 0.4) is 0 Å². The van der Waals surface area contributed by atoms with Crippen LogP contribution in [0.5, 0.6) is 0 Å². The van der Waals surface area contributed by atoms with Crippen molar-refractivity contribution in [3.63, 3.8) is 0 Å². The topological polar surface area (TPSA) is 50.9 Å². The van der Waals surface area contributed by atoms with Gasteiger partial charge in [-0.1, -0.05) is 18.2 Å². The standard InChI is InChI=1S/C15H18F3N3OS/c1-13(2,23-3)14(22,8-21-10-19-9-20-21)11-6-4-5-7-12(11)15(16,17)18/h4-7,9-10,22H,8H2,1-3H3. The minimum Gasteiger partial charge on any atom is -0.382 e. The molecule has 0 aliphatic rings. The SMILES string of the molecule is CSC(C)(C)C(O)(Cn1cncn1)c1ccccc1C(F)(F)F. The summed E-state index contributed by atoms with van der Waals surface area (Å²) in [5.41, 5.74) is -2.79. The summed E-state index contributed by atoms with van der Waals surface area (Å²) < 4.78 is 40.6. The van der Waals surface area contributed by atoms with Crippen LogP contribution >= 0.6 is 11.8 Å². The summed E-state index contributed by atoms with van der Waals surface area (Å²) in [4.78, 5) is 3.79. The largest absolute Gasteiger partial charge is 0.416 e. The van der Waals surface area contributed by atoms with Gasteiger partial charge in [-0.25, -0.2) is 9.67 Å². The second-order valence-electron chi connectivity index (χ2n) is 5.71.